The lowest BCUT2D eigenvalue weighted by molar-refractivity contribution is -0.139. The van der Waals surface area contributed by atoms with E-state index in [1.807, 2.05) is 0 Å². The number of aromatic carboxylic acids is 1. The molecule has 0 spiro atoms. The van der Waals surface area contributed by atoms with Gasteiger partial charge in [-0.05, 0) is 73.0 Å². The van der Waals surface area contributed by atoms with E-state index in [0.717, 1.165) is 0 Å². The van der Waals surface area contributed by atoms with Crippen molar-refractivity contribution in [1.82, 2.24) is 4.57 Å². The van der Waals surface area contributed by atoms with E-state index in [2.05, 4.69) is 4.99 Å². The maximum absolute atomic E-state index is 13.8. The number of carbonyl (C=O) groups excluding carboxylic acids is 1. The monoisotopic (exact) mass is 602 g/mol. The number of aromatic nitrogens is 1. The lowest BCUT2D eigenvalue weighted by atomic mass is 9.96. The number of esters is 1. The van der Waals surface area contributed by atoms with Crippen LogP contribution in [0.2, 0.25) is 0 Å². The predicted molar refractivity (Wildman–Crippen MR) is 158 cm³/mol. The summed E-state index contributed by atoms with van der Waals surface area (Å²) < 4.78 is 32.3. The number of nitrogens with zero attached hydrogens (tertiary/aromatic N) is 2. The van der Waals surface area contributed by atoms with Crippen LogP contribution in [0.3, 0.4) is 0 Å². The molecular weight excluding hydrogens is 575 g/mol. The first-order valence-corrected chi connectivity index (χ1v) is 14.1. The molecule has 0 amide bonds. The number of thiazole rings is 1. The molecule has 3 aromatic carbocycles. The molecule has 9 nitrogen and oxygen atoms in total. The van der Waals surface area contributed by atoms with Crippen molar-refractivity contribution < 1.29 is 33.3 Å². The third kappa shape index (κ3) is 6.12. The lowest BCUT2D eigenvalue weighted by Crippen LogP contribution is -2.39. The van der Waals surface area contributed by atoms with E-state index in [-0.39, 0.29) is 29.9 Å². The van der Waals surface area contributed by atoms with Crippen LogP contribution in [-0.4, -0.2) is 35.3 Å². The predicted octanol–water partition coefficient (Wildman–Crippen LogP) is 4.22. The molecule has 1 atom stereocenters. The van der Waals surface area contributed by atoms with Gasteiger partial charge in [0.15, 0.2) is 16.3 Å². The molecule has 4 aromatic rings. The topological polar surface area (TPSA) is 116 Å². The van der Waals surface area contributed by atoms with E-state index < -0.39 is 23.8 Å². The van der Waals surface area contributed by atoms with Gasteiger partial charge in [-0.2, -0.15) is 0 Å². The highest BCUT2D eigenvalue weighted by Gasteiger charge is 2.33. The second-order valence-electron chi connectivity index (χ2n) is 9.56. The molecule has 220 valence electrons. The van der Waals surface area contributed by atoms with Crippen molar-refractivity contribution in [3.63, 3.8) is 0 Å². The number of benzene rings is 3. The normalized spacial score (nSPS) is 14.6. The van der Waals surface area contributed by atoms with Gasteiger partial charge in [-0.15, -0.1) is 0 Å². The fourth-order valence-corrected chi connectivity index (χ4v) is 5.80. The Bertz CT molecular complexity index is 1930. The molecular formula is C32H27FN2O7S. The smallest absolute Gasteiger partial charge is 0.338 e. The van der Waals surface area contributed by atoms with Crippen LogP contribution in [0.15, 0.2) is 87.8 Å². The number of carboxylic acid groups (broad SMARTS) is 1. The Kier molecular flexibility index (Phi) is 8.53. The van der Waals surface area contributed by atoms with Crippen molar-refractivity contribution in [1.29, 1.82) is 0 Å². The Morgan fingerprint density at radius 1 is 1.09 bits per heavy atom. The van der Waals surface area contributed by atoms with Gasteiger partial charge < -0.3 is 19.3 Å². The van der Waals surface area contributed by atoms with Gasteiger partial charge in [-0.1, -0.05) is 41.7 Å². The first kappa shape index (κ1) is 29.5. The molecule has 0 aliphatic carbocycles. The summed E-state index contributed by atoms with van der Waals surface area (Å²) in [5.41, 5.74) is 2.30. The van der Waals surface area contributed by atoms with Crippen LogP contribution in [-0.2, 0) is 16.1 Å². The number of methoxy groups -OCH3 is 1. The molecule has 1 aromatic heterocycles. The maximum Gasteiger partial charge on any atom is 0.338 e. The highest BCUT2D eigenvalue weighted by Crippen LogP contribution is 2.31. The zero-order valence-electron chi connectivity index (χ0n) is 23.5. The number of allylic oxidation sites excluding steroid dienone is 1. The number of ether oxygens (including phenoxy) is 3. The molecule has 0 radical (unpaired) electrons. The molecule has 11 heteroatoms. The standard InChI is InChI=1S/C32H27FN2O7S/c1-4-41-31(39)27-18(2)34-32-35(28(27)21-9-11-23(33)12-10-21)29(36)26(43-32)16-19-8-13-24(25(15-19)40-3)42-17-20-6-5-7-22(14-20)30(37)38/h5-16,28H,4,17H2,1-3H3,(H,37,38)/b26-16-/t28-/m1/s1. The first-order valence-electron chi connectivity index (χ1n) is 13.3. The molecule has 1 aliphatic rings. The molecule has 0 unspecified atom stereocenters. The summed E-state index contributed by atoms with van der Waals surface area (Å²) >= 11 is 1.17. The van der Waals surface area contributed by atoms with Crippen molar-refractivity contribution in [2.75, 3.05) is 13.7 Å². The van der Waals surface area contributed by atoms with Gasteiger partial charge in [0.05, 0.1) is 41.1 Å². The van der Waals surface area contributed by atoms with Crippen LogP contribution in [0.1, 0.15) is 46.9 Å². The van der Waals surface area contributed by atoms with Gasteiger partial charge in [0, 0.05) is 0 Å². The second-order valence-corrected chi connectivity index (χ2v) is 10.6. The SMILES string of the molecule is CCOC(=O)C1=C(C)N=c2s/c(=C\c3ccc(OCc4cccc(C(=O)O)c4)c(OC)c3)c(=O)n2[C@@H]1c1ccc(F)cc1. The zero-order chi connectivity index (χ0) is 30.7. The highest BCUT2D eigenvalue weighted by molar-refractivity contribution is 7.07. The molecule has 5 rings (SSSR count). The maximum atomic E-state index is 13.8. The van der Waals surface area contributed by atoms with Gasteiger partial charge in [-0.25, -0.2) is 19.0 Å². The Labute approximate surface area is 249 Å². The third-order valence-corrected chi connectivity index (χ3v) is 7.74. The number of hydrogen-bond acceptors (Lipinski definition) is 8. The van der Waals surface area contributed by atoms with Gasteiger partial charge >= 0.3 is 11.9 Å². The van der Waals surface area contributed by atoms with E-state index in [1.165, 1.54) is 59.4 Å². The Hall–Kier alpha value is -5.03. The van der Waals surface area contributed by atoms with Gasteiger partial charge in [0.2, 0.25) is 0 Å². The molecule has 0 saturated heterocycles. The summed E-state index contributed by atoms with van der Waals surface area (Å²) in [5, 5.41) is 9.23. The van der Waals surface area contributed by atoms with E-state index in [9.17, 15) is 23.9 Å². The molecule has 0 bridgehead atoms. The minimum atomic E-state index is -1.02. The molecule has 0 fully saturated rings. The van der Waals surface area contributed by atoms with Crippen LogP contribution in [0.4, 0.5) is 4.39 Å². The fourth-order valence-electron chi connectivity index (χ4n) is 4.75. The molecule has 0 saturated carbocycles. The van der Waals surface area contributed by atoms with Crippen molar-refractivity contribution in [3.05, 3.63) is 126 Å². The van der Waals surface area contributed by atoms with Gasteiger partial charge in [-0.3, -0.25) is 9.36 Å². The third-order valence-electron chi connectivity index (χ3n) is 6.76. The van der Waals surface area contributed by atoms with Crippen LogP contribution in [0, 0.1) is 5.82 Å². The highest BCUT2D eigenvalue weighted by atomic mass is 32.1. The van der Waals surface area contributed by atoms with E-state index in [4.69, 9.17) is 14.2 Å². The van der Waals surface area contributed by atoms with Crippen molar-refractivity contribution in [3.8, 4) is 11.5 Å². The number of hydrogen-bond donors (Lipinski definition) is 1. The van der Waals surface area contributed by atoms with E-state index in [1.54, 1.807) is 50.3 Å². The minimum Gasteiger partial charge on any atom is -0.493 e. The fraction of sp³-hybridized carbons (Fsp3) is 0.188. The summed E-state index contributed by atoms with van der Waals surface area (Å²) in [6, 6.07) is 16.4. The Morgan fingerprint density at radius 3 is 2.56 bits per heavy atom. The average Bonchev–Trinajstić information content (AvgIpc) is 3.30. The van der Waals surface area contributed by atoms with Gasteiger partial charge in [0.25, 0.3) is 5.56 Å². The Balaban J connectivity index is 1.51. The minimum absolute atomic E-state index is 0.126. The summed E-state index contributed by atoms with van der Waals surface area (Å²) in [6.07, 6.45) is 1.69. The summed E-state index contributed by atoms with van der Waals surface area (Å²) in [5.74, 6) is -1.20. The van der Waals surface area contributed by atoms with Crippen molar-refractivity contribution in [2.24, 2.45) is 4.99 Å². The van der Waals surface area contributed by atoms with Crippen molar-refractivity contribution in [2.45, 2.75) is 26.5 Å². The first-order chi connectivity index (χ1) is 20.7. The van der Waals surface area contributed by atoms with Crippen LogP contribution in [0.5, 0.6) is 11.5 Å². The quantitative estimate of drug-likeness (QED) is 0.285. The number of halogens is 1. The molecule has 1 aliphatic heterocycles. The number of fused-ring (bicyclic) bond motifs is 1. The molecule has 43 heavy (non-hydrogen) atoms. The summed E-state index contributed by atoms with van der Waals surface area (Å²) in [4.78, 5) is 43.0. The largest absolute Gasteiger partial charge is 0.493 e. The van der Waals surface area contributed by atoms with Gasteiger partial charge in [0.1, 0.15) is 12.4 Å². The summed E-state index contributed by atoms with van der Waals surface area (Å²) in [6.45, 7) is 3.64. The molecule has 1 N–H and O–H groups in total. The van der Waals surface area contributed by atoms with Crippen molar-refractivity contribution >= 4 is 29.4 Å². The number of carboxylic acids is 1. The number of rotatable bonds is 9. The molecule has 2 heterocycles. The summed E-state index contributed by atoms with van der Waals surface area (Å²) in [7, 11) is 1.49. The van der Waals surface area contributed by atoms with E-state index >= 15 is 0 Å². The Morgan fingerprint density at radius 2 is 1.86 bits per heavy atom. The van der Waals surface area contributed by atoms with Crippen LogP contribution >= 0.6 is 11.3 Å². The number of carbonyl (C=O) groups is 2. The van der Waals surface area contributed by atoms with Crippen LogP contribution < -0.4 is 24.4 Å². The zero-order valence-corrected chi connectivity index (χ0v) is 24.3. The second kappa shape index (κ2) is 12.5. The average molecular weight is 603 g/mol. The van der Waals surface area contributed by atoms with E-state index in [0.29, 0.717) is 43.2 Å². The lowest BCUT2D eigenvalue weighted by Gasteiger charge is -2.24. The van der Waals surface area contributed by atoms with Crippen LogP contribution in [0.25, 0.3) is 6.08 Å².